The van der Waals surface area contributed by atoms with Crippen molar-refractivity contribution < 1.29 is 19.2 Å². The maximum atomic E-state index is 11.1. The Labute approximate surface area is 92.5 Å². The molecule has 0 bridgehead atoms. The van der Waals surface area contributed by atoms with Crippen LogP contribution in [0.3, 0.4) is 0 Å². The van der Waals surface area contributed by atoms with Gasteiger partial charge in [0.25, 0.3) is 0 Å². The number of anilines is 1. The number of carbonyl (C=O) groups excluding carboxylic acids is 1. The van der Waals surface area contributed by atoms with E-state index < -0.39 is 13.2 Å². The fraction of sp³-hybridized carbons (Fsp3) is 0.222. The Morgan fingerprint density at radius 2 is 2.44 bits per heavy atom. The van der Waals surface area contributed by atoms with Crippen LogP contribution >= 0.6 is 0 Å². The molecule has 7 heteroatoms. The molecule has 6 nitrogen and oxygen atoms in total. The summed E-state index contributed by atoms with van der Waals surface area (Å²) in [5, 5.41) is 11.8. The summed E-state index contributed by atoms with van der Waals surface area (Å²) in [5.74, 6) is 0.311. The molecule has 1 aliphatic rings. The molecular formula is C9H11BN2O4. The van der Waals surface area contributed by atoms with Gasteiger partial charge in [-0.15, -0.1) is 0 Å². The second-order valence-electron chi connectivity index (χ2n) is 3.39. The highest BCUT2D eigenvalue weighted by atomic mass is 16.6. The molecule has 0 aromatic heterocycles. The number of hydrogen-bond donors (Lipinski definition) is 3. The number of benzene rings is 1. The van der Waals surface area contributed by atoms with E-state index in [0.717, 1.165) is 0 Å². The molecule has 4 N–H and O–H groups in total. The van der Waals surface area contributed by atoms with E-state index >= 15 is 0 Å². The number of carbonyl (C=O) groups is 1. The lowest BCUT2D eigenvalue weighted by Gasteiger charge is -2.09. The minimum Gasteiger partial charge on any atom is -0.423 e. The first-order valence-corrected chi connectivity index (χ1v) is 4.73. The number of ether oxygens (including phenoxy) is 1. The second-order valence-corrected chi connectivity index (χ2v) is 3.39. The molecule has 0 aliphatic carbocycles. The maximum Gasteiger partial charge on any atom is 0.491 e. The molecule has 0 saturated carbocycles. The van der Waals surface area contributed by atoms with E-state index in [9.17, 15) is 9.82 Å². The monoisotopic (exact) mass is 222 g/mol. The van der Waals surface area contributed by atoms with E-state index in [1.807, 2.05) is 0 Å². The fourth-order valence-corrected chi connectivity index (χ4v) is 1.56. The first-order valence-electron chi connectivity index (χ1n) is 4.73. The van der Waals surface area contributed by atoms with Crippen molar-refractivity contribution in [2.24, 2.45) is 0 Å². The zero-order chi connectivity index (χ0) is 11.7. The fourth-order valence-electron chi connectivity index (χ4n) is 1.56. The number of nitrogens with one attached hydrogen (secondary N) is 1. The minimum absolute atomic E-state index is 0.198. The topological polar surface area (TPSA) is 93.8 Å². The van der Waals surface area contributed by atoms with E-state index in [0.29, 0.717) is 22.5 Å². The molecule has 1 heterocycles. The van der Waals surface area contributed by atoms with Gasteiger partial charge in [-0.1, -0.05) is 0 Å². The van der Waals surface area contributed by atoms with Gasteiger partial charge in [-0.3, -0.25) is 0 Å². The lowest BCUT2D eigenvalue weighted by atomic mass is 9.79. The third kappa shape index (κ3) is 1.82. The van der Waals surface area contributed by atoms with Crippen LogP contribution in [0.2, 0.25) is 0 Å². The average molecular weight is 222 g/mol. The van der Waals surface area contributed by atoms with Crippen LogP contribution in [0, 0.1) is 0 Å². The van der Waals surface area contributed by atoms with E-state index in [-0.39, 0.29) is 6.61 Å². The molecular weight excluding hydrogens is 211 g/mol. The molecule has 1 aromatic carbocycles. The van der Waals surface area contributed by atoms with Crippen LogP contribution in [0.15, 0.2) is 12.1 Å². The maximum absolute atomic E-state index is 11.1. The van der Waals surface area contributed by atoms with Gasteiger partial charge in [0.05, 0.1) is 6.61 Å². The third-order valence-electron chi connectivity index (χ3n) is 2.32. The SMILES string of the molecule is CNC(=O)Oc1cc(N)cc2c1COB2O. The Bertz CT molecular complexity index is 438. The number of rotatable bonds is 1. The zero-order valence-corrected chi connectivity index (χ0v) is 8.69. The van der Waals surface area contributed by atoms with Crippen LogP contribution < -0.4 is 21.3 Å². The van der Waals surface area contributed by atoms with Crippen molar-refractivity contribution in [3.05, 3.63) is 17.7 Å². The Kier molecular flexibility index (Phi) is 2.72. The van der Waals surface area contributed by atoms with Crippen LogP contribution in [-0.2, 0) is 11.3 Å². The van der Waals surface area contributed by atoms with Gasteiger partial charge in [-0.2, -0.15) is 0 Å². The summed E-state index contributed by atoms with van der Waals surface area (Å²) in [5.41, 5.74) is 7.22. The van der Waals surface area contributed by atoms with Crippen molar-refractivity contribution >= 4 is 24.4 Å². The lowest BCUT2D eigenvalue weighted by molar-refractivity contribution is 0.201. The normalized spacial score (nSPS) is 13.5. The highest BCUT2D eigenvalue weighted by Gasteiger charge is 2.30. The van der Waals surface area contributed by atoms with Crippen molar-refractivity contribution in [2.75, 3.05) is 12.8 Å². The molecule has 2 rings (SSSR count). The molecule has 0 unspecified atom stereocenters. The summed E-state index contributed by atoms with van der Waals surface area (Å²) in [6.07, 6.45) is -0.589. The molecule has 0 fully saturated rings. The highest BCUT2D eigenvalue weighted by Crippen LogP contribution is 2.25. The Hall–Kier alpha value is -1.73. The van der Waals surface area contributed by atoms with Gasteiger partial charge in [0.15, 0.2) is 0 Å². The summed E-state index contributed by atoms with van der Waals surface area (Å²) >= 11 is 0. The van der Waals surface area contributed by atoms with Crippen LogP contribution in [0.4, 0.5) is 10.5 Å². The lowest BCUT2D eigenvalue weighted by Crippen LogP contribution is -2.29. The first-order chi connectivity index (χ1) is 7.61. The van der Waals surface area contributed by atoms with Gasteiger partial charge >= 0.3 is 13.2 Å². The van der Waals surface area contributed by atoms with E-state index in [1.54, 1.807) is 6.07 Å². The van der Waals surface area contributed by atoms with Crippen LogP contribution in [-0.4, -0.2) is 25.3 Å². The van der Waals surface area contributed by atoms with Gasteiger partial charge in [-0.05, 0) is 11.5 Å². The minimum atomic E-state index is -1.01. The summed E-state index contributed by atoms with van der Waals surface area (Å²) in [4.78, 5) is 11.1. The molecule has 1 aliphatic heterocycles. The predicted molar refractivity (Wildman–Crippen MR) is 58.3 cm³/mol. The molecule has 0 atom stereocenters. The molecule has 16 heavy (non-hydrogen) atoms. The largest absolute Gasteiger partial charge is 0.491 e. The Balaban J connectivity index is 2.38. The molecule has 0 saturated heterocycles. The molecule has 1 amide bonds. The van der Waals surface area contributed by atoms with Crippen molar-refractivity contribution in [3.63, 3.8) is 0 Å². The van der Waals surface area contributed by atoms with Crippen LogP contribution in [0.25, 0.3) is 0 Å². The summed E-state index contributed by atoms with van der Waals surface area (Å²) in [6, 6.07) is 3.12. The van der Waals surface area contributed by atoms with E-state index in [1.165, 1.54) is 13.1 Å². The van der Waals surface area contributed by atoms with E-state index in [2.05, 4.69) is 5.32 Å². The zero-order valence-electron chi connectivity index (χ0n) is 8.69. The van der Waals surface area contributed by atoms with Gasteiger partial charge in [0.2, 0.25) is 0 Å². The summed E-state index contributed by atoms with van der Waals surface area (Å²) in [7, 11) is 0.450. The smallest absolute Gasteiger partial charge is 0.423 e. The number of nitrogens with two attached hydrogens (primary N) is 1. The Morgan fingerprint density at radius 1 is 1.69 bits per heavy atom. The van der Waals surface area contributed by atoms with Crippen LogP contribution in [0.1, 0.15) is 5.56 Å². The van der Waals surface area contributed by atoms with Gasteiger partial charge in [0.1, 0.15) is 5.75 Å². The number of fused-ring (bicyclic) bond motifs is 1. The molecule has 84 valence electrons. The quantitative estimate of drug-likeness (QED) is 0.427. The molecule has 0 radical (unpaired) electrons. The van der Waals surface area contributed by atoms with Crippen LogP contribution in [0.5, 0.6) is 5.75 Å². The van der Waals surface area contributed by atoms with Crippen molar-refractivity contribution in [3.8, 4) is 5.75 Å². The molecule has 1 aromatic rings. The number of nitrogen functional groups attached to an aromatic ring is 1. The van der Waals surface area contributed by atoms with E-state index in [4.69, 9.17) is 15.1 Å². The molecule has 0 spiro atoms. The second kappa shape index (κ2) is 4.03. The van der Waals surface area contributed by atoms with Gasteiger partial charge in [0, 0.05) is 24.4 Å². The average Bonchev–Trinajstić information content (AvgIpc) is 2.60. The number of hydrogen-bond acceptors (Lipinski definition) is 5. The third-order valence-corrected chi connectivity index (χ3v) is 2.32. The summed E-state index contributed by atoms with van der Waals surface area (Å²) in [6.45, 7) is 0.198. The standard InChI is InChI=1S/C9H11BN2O4/c1-12-9(13)16-8-3-5(11)2-7-6(8)4-15-10(7)14/h2-3,14H,4,11H2,1H3,(H,12,13). The highest BCUT2D eigenvalue weighted by molar-refractivity contribution is 6.61. The van der Waals surface area contributed by atoms with Crippen molar-refractivity contribution in [1.82, 2.24) is 5.32 Å². The first kappa shape index (κ1) is 10.8. The van der Waals surface area contributed by atoms with Gasteiger partial charge in [-0.25, -0.2) is 4.79 Å². The van der Waals surface area contributed by atoms with Crippen molar-refractivity contribution in [2.45, 2.75) is 6.61 Å². The predicted octanol–water partition coefficient (Wildman–Crippen LogP) is -0.795. The number of amides is 1. The van der Waals surface area contributed by atoms with Crippen molar-refractivity contribution in [1.29, 1.82) is 0 Å². The Morgan fingerprint density at radius 3 is 3.12 bits per heavy atom. The summed E-state index contributed by atoms with van der Waals surface area (Å²) < 4.78 is 10.0. The van der Waals surface area contributed by atoms with Gasteiger partial charge < -0.3 is 25.5 Å².